The monoisotopic (exact) mass is 320 g/mol. The van der Waals surface area contributed by atoms with Crippen molar-refractivity contribution in [3.63, 3.8) is 0 Å². The first kappa shape index (κ1) is 15.1. The molecular weight excluding hydrogens is 304 g/mol. The Labute approximate surface area is 120 Å². The minimum Gasteiger partial charge on any atom is -0.351 e. The number of aromatic nitrogens is 3. The molecular formula is C10H16N4O4S2. The molecule has 2 atom stereocenters. The molecule has 1 saturated heterocycles. The van der Waals surface area contributed by atoms with E-state index in [0.717, 1.165) is 11.8 Å². The molecule has 2 N–H and O–H groups in total. The molecule has 0 spiro atoms. The van der Waals surface area contributed by atoms with Crippen LogP contribution >= 0.6 is 11.8 Å². The molecule has 1 aromatic heterocycles. The molecule has 8 nitrogen and oxygen atoms in total. The Morgan fingerprint density at radius 3 is 2.80 bits per heavy atom. The van der Waals surface area contributed by atoms with Crippen LogP contribution in [0.25, 0.3) is 0 Å². The summed E-state index contributed by atoms with van der Waals surface area (Å²) < 4.78 is 24.0. The molecule has 1 fully saturated rings. The fourth-order valence-corrected chi connectivity index (χ4v) is 4.38. The fourth-order valence-electron chi connectivity index (χ4n) is 1.88. The van der Waals surface area contributed by atoms with Gasteiger partial charge in [-0.15, -0.1) is 5.10 Å². The maximum Gasteiger partial charge on any atom is 0.343 e. The standard InChI is InChI=1S/C10H16N4O4S2/c1-6(19-10-13-12-9(16)14(10)2)8(15)11-7-3-4-20(17,18)5-7/h6-7H,3-5H2,1-2H3,(H,11,15)(H,12,16)/t6-,7+/m0/s1. The number of rotatable bonds is 4. The van der Waals surface area contributed by atoms with E-state index in [0.29, 0.717) is 11.6 Å². The number of hydrogen-bond acceptors (Lipinski definition) is 6. The van der Waals surface area contributed by atoms with Crippen molar-refractivity contribution in [3.8, 4) is 0 Å². The second kappa shape index (κ2) is 5.60. The Balaban J connectivity index is 1.93. The van der Waals surface area contributed by atoms with Crippen molar-refractivity contribution in [3.05, 3.63) is 10.5 Å². The molecule has 1 aliphatic rings. The third-order valence-corrected chi connectivity index (χ3v) is 5.98. The molecule has 0 radical (unpaired) electrons. The van der Waals surface area contributed by atoms with Gasteiger partial charge in [0.05, 0.1) is 16.8 Å². The van der Waals surface area contributed by atoms with Crippen molar-refractivity contribution in [1.82, 2.24) is 20.1 Å². The van der Waals surface area contributed by atoms with Gasteiger partial charge in [-0.1, -0.05) is 11.8 Å². The largest absolute Gasteiger partial charge is 0.351 e. The SMILES string of the molecule is C[C@H](Sc1n[nH]c(=O)n1C)C(=O)N[C@@H]1CCS(=O)(=O)C1. The Bertz CT molecular complexity index is 663. The molecule has 0 aliphatic carbocycles. The summed E-state index contributed by atoms with van der Waals surface area (Å²) in [6, 6.07) is -0.321. The molecule has 0 bridgehead atoms. The van der Waals surface area contributed by atoms with Gasteiger partial charge in [0.15, 0.2) is 15.0 Å². The van der Waals surface area contributed by atoms with Crippen LogP contribution in [0.15, 0.2) is 9.95 Å². The predicted molar refractivity (Wildman–Crippen MR) is 74.3 cm³/mol. The Morgan fingerprint density at radius 2 is 2.30 bits per heavy atom. The number of thioether (sulfide) groups is 1. The Morgan fingerprint density at radius 1 is 1.60 bits per heavy atom. The van der Waals surface area contributed by atoms with Crippen LogP contribution in [0.4, 0.5) is 0 Å². The van der Waals surface area contributed by atoms with Crippen molar-refractivity contribution in [2.45, 2.75) is 29.8 Å². The molecule has 1 amide bonds. The number of amides is 1. The summed E-state index contributed by atoms with van der Waals surface area (Å²) in [4.78, 5) is 23.2. The smallest absolute Gasteiger partial charge is 0.343 e. The molecule has 1 aromatic rings. The third kappa shape index (κ3) is 3.42. The van der Waals surface area contributed by atoms with E-state index in [1.54, 1.807) is 14.0 Å². The first-order valence-electron chi connectivity index (χ1n) is 6.07. The van der Waals surface area contributed by atoms with Gasteiger partial charge in [0.2, 0.25) is 5.91 Å². The lowest BCUT2D eigenvalue weighted by Crippen LogP contribution is -2.40. The Kier molecular flexibility index (Phi) is 4.23. The van der Waals surface area contributed by atoms with Crippen molar-refractivity contribution < 1.29 is 13.2 Å². The van der Waals surface area contributed by atoms with Crippen LogP contribution in [0.2, 0.25) is 0 Å². The molecule has 0 unspecified atom stereocenters. The lowest BCUT2D eigenvalue weighted by molar-refractivity contribution is -0.120. The van der Waals surface area contributed by atoms with E-state index < -0.39 is 15.1 Å². The van der Waals surface area contributed by atoms with Gasteiger partial charge in [-0.3, -0.25) is 9.36 Å². The van der Waals surface area contributed by atoms with Crippen LogP contribution < -0.4 is 11.0 Å². The van der Waals surface area contributed by atoms with E-state index in [4.69, 9.17) is 0 Å². The molecule has 2 heterocycles. The first-order chi connectivity index (χ1) is 9.28. The molecule has 2 rings (SSSR count). The maximum atomic E-state index is 12.0. The fraction of sp³-hybridized carbons (Fsp3) is 0.700. The summed E-state index contributed by atoms with van der Waals surface area (Å²) in [5, 5.41) is 8.76. The average molecular weight is 320 g/mol. The number of aromatic amines is 1. The first-order valence-corrected chi connectivity index (χ1v) is 8.77. The number of carbonyl (C=O) groups is 1. The van der Waals surface area contributed by atoms with Gasteiger partial charge in [0.1, 0.15) is 0 Å². The molecule has 0 aromatic carbocycles. The van der Waals surface area contributed by atoms with Gasteiger partial charge in [-0.05, 0) is 13.3 Å². The van der Waals surface area contributed by atoms with E-state index in [1.165, 1.54) is 4.57 Å². The van der Waals surface area contributed by atoms with Gasteiger partial charge in [-0.25, -0.2) is 18.3 Å². The third-order valence-electron chi connectivity index (χ3n) is 3.07. The van der Waals surface area contributed by atoms with E-state index in [9.17, 15) is 18.0 Å². The van der Waals surface area contributed by atoms with E-state index in [1.807, 2.05) is 0 Å². The maximum absolute atomic E-state index is 12.0. The second-order valence-electron chi connectivity index (χ2n) is 4.74. The van der Waals surface area contributed by atoms with Crippen molar-refractivity contribution in [2.75, 3.05) is 11.5 Å². The van der Waals surface area contributed by atoms with Crippen molar-refractivity contribution in [2.24, 2.45) is 7.05 Å². The minimum atomic E-state index is -3.01. The van der Waals surface area contributed by atoms with Crippen LogP contribution in [-0.4, -0.2) is 51.9 Å². The van der Waals surface area contributed by atoms with Crippen LogP contribution in [-0.2, 0) is 21.7 Å². The van der Waals surface area contributed by atoms with Crippen molar-refractivity contribution >= 4 is 27.5 Å². The number of hydrogen-bond donors (Lipinski definition) is 2. The predicted octanol–water partition coefficient (Wildman–Crippen LogP) is -1.11. The number of sulfone groups is 1. The summed E-state index contributed by atoms with van der Waals surface area (Å²) in [5.41, 5.74) is -0.345. The average Bonchev–Trinajstić information content (AvgIpc) is 2.85. The van der Waals surface area contributed by atoms with Crippen LogP contribution in [0.3, 0.4) is 0 Å². The quantitative estimate of drug-likeness (QED) is 0.680. The molecule has 20 heavy (non-hydrogen) atoms. The summed E-state index contributed by atoms with van der Waals surface area (Å²) in [5.74, 6) is -0.141. The van der Waals surface area contributed by atoms with Gasteiger partial charge < -0.3 is 5.32 Å². The van der Waals surface area contributed by atoms with Gasteiger partial charge in [-0.2, -0.15) is 0 Å². The zero-order valence-electron chi connectivity index (χ0n) is 11.1. The summed E-state index contributed by atoms with van der Waals surface area (Å²) in [6.45, 7) is 1.68. The zero-order valence-corrected chi connectivity index (χ0v) is 12.8. The van der Waals surface area contributed by atoms with Gasteiger partial charge in [0.25, 0.3) is 0 Å². The van der Waals surface area contributed by atoms with E-state index in [2.05, 4.69) is 15.5 Å². The highest BCUT2D eigenvalue weighted by Crippen LogP contribution is 2.20. The second-order valence-corrected chi connectivity index (χ2v) is 8.28. The zero-order chi connectivity index (χ0) is 14.9. The highest BCUT2D eigenvalue weighted by Gasteiger charge is 2.30. The number of nitrogens with zero attached hydrogens (tertiary/aromatic N) is 2. The summed E-state index contributed by atoms with van der Waals surface area (Å²) in [6.07, 6.45) is 0.451. The molecule has 0 saturated carbocycles. The van der Waals surface area contributed by atoms with E-state index >= 15 is 0 Å². The summed E-state index contributed by atoms with van der Waals surface area (Å²) in [7, 11) is -1.46. The number of nitrogens with one attached hydrogen (secondary N) is 2. The molecule has 1 aliphatic heterocycles. The number of carbonyl (C=O) groups excluding carboxylic acids is 1. The van der Waals surface area contributed by atoms with Crippen LogP contribution in [0.5, 0.6) is 0 Å². The van der Waals surface area contributed by atoms with Crippen LogP contribution in [0.1, 0.15) is 13.3 Å². The molecule has 112 valence electrons. The number of H-pyrrole nitrogens is 1. The highest BCUT2D eigenvalue weighted by atomic mass is 32.2. The molecule has 10 heteroatoms. The Hall–Kier alpha value is -1.29. The summed E-state index contributed by atoms with van der Waals surface area (Å²) >= 11 is 1.14. The lowest BCUT2D eigenvalue weighted by atomic mass is 10.2. The van der Waals surface area contributed by atoms with Crippen molar-refractivity contribution in [1.29, 1.82) is 0 Å². The topological polar surface area (TPSA) is 114 Å². The van der Waals surface area contributed by atoms with Gasteiger partial charge in [0, 0.05) is 13.1 Å². The normalized spacial score (nSPS) is 22.6. The van der Waals surface area contributed by atoms with Gasteiger partial charge >= 0.3 is 5.69 Å². The minimum absolute atomic E-state index is 0.00296. The highest BCUT2D eigenvalue weighted by molar-refractivity contribution is 8.00. The van der Waals surface area contributed by atoms with Crippen LogP contribution in [0, 0.1) is 0 Å². The lowest BCUT2D eigenvalue weighted by Gasteiger charge is -2.14. The van der Waals surface area contributed by atoms with E-state index in [-0.39, 0.29) is 29.1 Å².